The van der Waals surface area contributed by atoms with Crippen LogP contribution in [0.2, 0.25) is 0 Å². The van der Waals surface area contributed by atoms with Crippen molar-refractivity contribution < 1.29 is 4.79 Å². The largest absolute Gasteiger partial charge is 0.353 e. The van der Waals surface area contributed by atoms with E-state index in [2.05, 4.69) is 28.7 Å². The Labute approximate surface area is 89.3 Å². The molecule has 0 saturated heterocycles. The SMILES string of the molecule is Cc1ncc2c(n1)N(C(C)C)CCC2=O. The quantitative estimate of drug-likeness (QED) is 0.698. The Morgan fingerprint density at radius 1 is 1.47 bits per heavy atom. The van der Waals surface area contributed by atoms with Crippen molar-refractivity contribution in [3.8, 4) is 0 Å². The van der Waals surface area contributed by atoms with Crippen LogP contribution >= 0.6 is 0 Å². The molecule has 1 aliphatic rings. The molecule has 0 amide bonds. The zero-order chi connectivity index (χ0) is 11.0. The summed E-state index contributed by atoms with van der Waals surface area (Å²) in [6.45, 7) is 6.83. The molecule has 80 valence electrons. The Kier molecular flexibility index (Phi) is 2.42. The number of hydrogen-bond acceptors (Lipinski definition) is 4. The third kappa shape index (κ3) is 1.71. The summed E-state index contributed by atoms with van der Waals surface area (Å²) in [5, 5.41) is 0. The molecule has 2 rings (SSSR count). The number of ketones is 1. The van der Waals surface area contributed by atoms with Crippen LogP contribution in [0.4, 0.5) is 5.82 Å². The van der Waals surface area contributed by atoms with E-state index in [0.29, 0.717) is 23.9 Å². The molecule has 0 saturated carbocycles. The van der Waals surface area contributed by atoms with E-state index in [-0.39, 0.29) is 5.78 Å². The van der Waals surface area contributed by atoms with Gasteiger partial charge in [-0.25, -0.2) is 9.97 Å². The number of aryl methyl sites for hydroxylation is 1. The molecule has 4 heteroatoms. The van der Waals surface area contributed by atoms with E-state index in [0.717, 1.165) is 12.4 Å². The van der Waals surface area contributed by atoms with Crippen molar-refractivity contribution >= 4 is 11.6 Å². The van der Waals surface area contributed by atoms with E-state index in [9.17, 15) is 4.79 Å². The highest BCUT2D eigenvalue weighted by Crippen LogP contribution is 2.25. The zero-order valence-corrected chi connectivity index (χ0v) is 9.32. The molecule has 1 aromatic heterocycles. The van der Waals surface area contributed by atoms with Crippen molar-refractivity contribution in [2.24, 2.45) is 0 Å². The van der Waals surface area contributed by atoms with Crippen LogP contribution < -0.4 is 4.90 Å². The second kappa shape index (κ2) is 3.61. The summed E-state index contributed by atoms with van der Waals surface area (Å²) in [4.78, 5) is 22.3. The Morgan fingerprint density at radius 2 is 2.20 bits per heavy atom. The second-order valence-electron chi connectivity index (χ2n) is 4.11. The van der Waals surface area contributed by atoms with Crippen LogP contribution in [0.15, 0.2) is 6.20 Å². The van der Waals surface area contributed by atoms with E-state index in [1.165, 1.54) is 0 Å². The minimum Gasteiger partial charge on any atom is -0.353 e. The maximum absolute atomic E-state index is 11.7. The van der Waals surface area contributed by atoms with Gasteiger partial charge in [-0.2, -0.15) is 0 Å². The number of fused-ring (bicyclic) bond motifs is 1. The summed E-state index contributed by atoms with van der Waals surface area (Å²) >= 11 is 0. The molecule has 2 heterocycles. The van der Waals surface area contributed by atoms with E-state index in [4.69, 9.17) is 0 Å². The van der Waals surface area contributed by atoms with Crippen LogP contribution in [0, 0.1) is 6.92 Å². The molecule has 0 N–H and O–H groups in total. The summed E-state index contributed by atoms with van der Waals surface area (Å²) in [7, 11) is 0. The molecule has 0 fully saturated rings. The van der Waals surface area contributed by atoms with Gasteiger partial charge in [0.15, 0.2) is 5.78 Å². The second-order valence-corrected chi connectivity index (χ2v) is 4.11. The van der Waals surface area contributed by atoms with Gasteiger partial charge in [-0.1, -0.05) is 0 Å². The number of rotatable bonds is 1. The lowest BCUT2D eigenvalue weighted by Gasteiger charge is -2.32. The van der Waals surface area contributed by atoms with E-state index in [1.54, 1.807) is 6.20 Å². The summed E-state index contributed by atoms with van der Waals surface area (Å²) in [5.41, 5.74) is 0.667. The third-order valence-corrected chi connectivity index (χ3v) is 2.66. The van der Waals surface area contributed by atoms with Crippen molar-refractivity contribution in [3.05, 3.63) is 17.6 Å². The average molecular weight is 205 g/mol. The van der Waals surface area contributed by atoms with Gasteiger partial charge in [0.25, 0.3) is 0 Å². The fraction of sp³-hybridized carbons (Fsp3) is 0.545. The monoisotopic (exact) mass is 205 g/mol. The van der Waals surface area contributed by atoms with Gasteiger partial charge in [-0.05, 0) is 20.8 Å². The first-order chi connectivity index (χ1) is 7.09. The van der Waals surface area contributed by atoms with Crippen molar-refractivity contribution in [1.82, 2.24) is 9.97 Å². The first-order valence-electron chi connectivity index (χ1n) is 5.23. The van der Waals surface area contributed by atoms with Crippen molar-refractivity contribution in [2.45, 2.75) is 33.2 Å². The third-order valence-electron chi connectivity index (χ3n) is 2.66. The molecular formula is C11H15N3O. The summed E-state index contributed by atoms with van der Waals surface area (Å²) in [6.07, 6.45) is 2.21. The molecular weight excluding hydrogens is 190 g/mol. The van der Waals surface area contributed by atoms with Crippen LogP contribution in [0.1, 0.15) is 36.5 Å². The van der Waals surface area contributed by atoms with Gasteiger partial charge in [0, 0.05) is 25.2 Å². The van der Waals surface area contributed by atoms with Crippen LogP contribution in [-0.2, 0) is 0 Å². The van der Waals surface area contributed by atoms with Crippen LogP contribution in [-0.4, -0.2) is 28.3 Å². The van der Waals surface area contributed by atoms with Crippen LogP contribution in [0.3, 0.4) is 0 Å². The summed E-state index contributed by atoms with van der Waals surface area (Å²) < 4.78 is 0. The predicted octanol–water partition coefficient (Wildman–Crippen LogP) is 1.59. The number of anilines is 1. The zero-order valence-electron chi connectivity index (χ0n) is 9.32. The molecule has 1 aromatic rings. The highest BCUT2D eigenvalue weighted by molar-refractivity contribution is 6.02. The van der Waals surface area contributed by atoms with E-state index >= 15 is 0 Å². The van der Waals surface area contributed by atoms with Crippen molar-refractivity contribution in [1.29, 1.82) is 0 Å². The number of Topliss-reactive ketones (excluding diaryl/α,β-unsaturated/α-hetero) is 1. The maximum atomic E-state index is 11.7. The summed E-state index contributed by atoms with van der Waals surface area (Å²) in [5.74, 6) is 1.67. The fourth-order valence-electron chi connectivity index (χ4n) is 1.84. The van der Waals surface area contributed by atoms with Crippen LogP contribution in [0.5, 0.6) is 0 Å². The van der Waals surface area contributed by atoms with Gasteiger partial charge in [0.05, 0.1) is 5.56 Å². The highest BCUT2D eigenvalue weighted by atomic mass is 16.1. The van der Waals surface area contributed by atoms with Crippen molar-refractivity contribution in [3.63, 3.8) is 0 Å². The smallest absolute Gasteiger partial charge is 0.169 e. The average Bonchev–Trinajstić information content (AvgIpc) is 2.17. The number of carbonyl (C=O) groups excluding carboxylic acids is 1. The van der Waals surface area contributed by atoms with Crippen molar-refractivity contribution in [2.75, 3.05) is 11.4 Å². The molecule has 0 aromatic carbocycles. The van der Waals surface area contributed by atoms with Gasteiger partial charge in [0.1, 0.15) is 11.6 Å². The fourth-order valence-corrected chi connectivity index (χ4v) is 1.84. The Bertz CT molecular complexity index is 401. The standard InChI is InChI=1S/C11H15N3O/c1-7(2)14-5-4-10(15)9-6-12-8(3)13-11(9)14/h6-7H,4-5H2,1-3H3. The summed E-state index contributed by atoms with van der Waals surface area (Å²) in [6, 6.07) is 0.367. The first kappa shape index (κ1) is 10.1. The molecule has 0 radical (unpaired) electrons. The Morgan fingerprint density at radius 3 is 2.87 bits per heavy atom. The molecule has 4 nitrogen and oxygen atoms in total. The molecule has 0 aliphatic carbocycles. The minimum absolute atomic E-state index is 0.155. The molecule has 0 spiro atoms. The maximum Gasteiger partial charge on any atom is 0.169 e. The lowest BCUT2D eigenvalue weighted by atomic mass is 10.0. The lowest BCUT2D eigenvalue weighted by molar-refractivity contribution is 0.0978. The molecule has 0 bridgehead atoms. The highest BCUT2D eigenvalue weighted by Gasteiger charge is 2.26. The molecule has 1 aliphatic heterocycles. The normalized spacial score (nSPS) is 15.7. The first-order valence-corrected chi connectivity index (χ1v) is 5.23. The van der Waals surface area contributed by atoms with Crippen LogP contribution in [0.25, 0.3) is 0 Å². The number of carbonyl (C=O) groups is 1. The van der Waals surface area contributed by atoms with E-state index in [1.807, 2.05) is 6.92 Å². The molecule has 15 heavy (non-hydrogen) atoms. The lowest BCUT2D eigenvalue weighted by Crippen LogP contribution is -2.38. The molecule has 0 atom stereocenters. The number of hydrogen-bond donors (Lipinski definition) is 0. The molecule has 0 unspecified atom stereocenters. The van der Waals surface area contributed by atoms with E-state index < -0.39 is 0 Å². The predicted molar refractivity (Wildman–Crippen MR) is 58.2 cm³/mol. The van der Waals surface area contributed by atoms with Gasteiger partial charge >= 0.3 is 0 Å². The minimum atomic E-state index is 0.155. The van der Waals surface area contributed by atoms with Gasteiger partial charge in [-0.3, -0.25) is 4.79 Å². The Hall–Kier alpha value is -1.45. The number of nitrogens with zero attached hydrogens (tertiary/aromatic N) is 3. The van der Waals surface area contributed by atoms with Gasteiger partial charge in [-0.15, -0.1) is 0 Å². The topological polar surface area (TPSA) is 46.1 Å². The number of aromatic nitrogens is 2. The van der Waals surface area contributed by atoms with Gasteiger partial charge in [0.2, 0.25) is 0 Å². The van der Waals surface area contributed by atoms with Gasteiger partial charge < -0.3 is 4.90 Å². The Balaban J connectivity index is 2.51.